The fourth-order valence-corrected chi connectivity index (χ4v) is 2.28. The summed E-state index contributed by atoms with van der Waals surface area (Å²) in [5.41, 5.74) is 6.22. The lowest BCUT2D eigenvalue weighted by molar-refractivity contribution is 0.178. The van der Waals surface area contributed by atoms with Gasteiger partial charge in [-0.15, -0.1) is 0 Å². The number of hydrogen-bond donors (Lipinski definition) is 2. The van der Waals surface area contributed by atoms with E-state index in [9.17, 15) is 8.78 Å². The highest BCUT2D eigenvalue weighted by Gasteiger charge is 2.11. The number of nitrogens with two attached hydrogens (primary N) is 1. The minimum Gasteiger partial charge on any atom is -0.384 e. The number of nitrogens with zero attached hydrogens (tertiary/aromatic N) is 2. The van der Waals surface area contributed by atoms with E-state index in [-0.39, 0.29) is 12.4 Å². The minimum atomic E-state index is -2.49. The predicted octanol–water partition coefficient (Wildman–Crippen LogP) is 3.26. The number of ether oxygens (including phenoxy) is 1. The van der Waals surface area contributed by atoms with Crippen LogP contribution in [0.5, 0.6) is 0 Å². The highest BCUT2D eigenvalue weighted by molar-refractivity contribution is 7.99. The molecule has 2 aromatic rings. The van der Waals surface area contributed by atoms with Crippen LogP contribution in [0.1, 0.15) is 5.82 Å². The summed E-state index contributed by atoms with van der Waals surface area (Å²) in [5, 5.41) is 2.98. The second kappa shape index (κ2) is 7.19. The van der Waals surface area contributed by atoms with Crippen LogP contribution in [-0.4, -0.2) is 22.8 Å². The lowest BCUT2D eigenvalue weighted by Gasteiger charge is -2.12. The fraction of sp³-hybridized carbons (Fsp3) is 0.231. The molecule has 0 saturated heterocycles. The summed E-state index contributed by atoms with van der Waals surface area (Å²) in [5.74, 6) is -1.37. The van der Waals surface area contributed by atoms with E-state index in [0.29, 0.717) is 34.0 Å². The molecule has 0 aliphatic rings. The van der Waals surface area contributed by atoms with Gasteiger partial charge in [-0.05, 0) is 12.1 Å². The average molecular weight is 312 g/mol. The number of aromatic nitrogens is 2. The number of hydrogen-bond acceptors (Lipinski definition) is 6. The Morgan fingerprint density at radius 1 is 1.33 bits per heavy atom. The van der Waals surface area contributed by atoms with Crippen molar-refractivity contribution in [1.29, 1.82) is 0 Å². The maximum Gasteiger partial charge on any atom is 0.288 e. The van der Waals surface area contributed by atoms with Gasteiger partial charge in [-0.3, -0.25) is 0 Å². The van der Waals surface area contributed by atoms with Crippen molar-refractivity contribution in [2.45, 2.75) is 17.3 Å². The first kappa shape index (κ1) is 15.5. The van der Waals surface area contributed by atoms with Crippen LogP contribution >= 0.6 is 11.8 Å². The molecule has 3 N–H and O–H groups in total. The van der Waals surface area contributed by atoms with E-state index in [1.165, 1.54) is 13.2 Å². The molecule has 0 bridgehead atoms. The van der Waals surface area contributed by atoms with Gasteiger partial charge in [-0.25, -0.2) is 9.97 Å². The number of benzene rings is 1. The molecule has 21 heavy (non-hydrogen) atoms. The zero-order valence-corrected chi connectivity index (χ0v) is 12.0. The molecule has 112 valence electrons. The van der Waals surface area contributed by atoms with Crippen molar-refractivity contribution in [3.05, 3.63) is 36.2 Å². The molecule has 0 unspecified atom stereocenters. The zero-order chi connectivity index (χ0) is 15.2. The van der Waals surface area contributed by atoms with E-state index in [1.807, 2.05) is 0 Å². The first-order valence-corrected chi connectivity index (χ1v) is 6.89. The number of anilines is 3. The van der Waals surface area contributed by atoms with Crippen LogP contribution in [0, 0.1) is 0 Å². The summed E-state index contributed by atoms with van der Waals surface area (Å²) < 4.78 is 30.0. The van der Waals surface area contributed by atoms with Crippen LogP contribution in [0.4, 0.5) is 26.1 Å². The molecular formula is C13H14F2N4OS. The SMILES string of the molecule is COCc1nc(N)cc(Nc2ccccc2SC(F)F)n1. The molecule has 1 aromatic carbocycles. The van der Waals surface area contributed by atoms with Gasteiger partial charge in [0.1, 0.15) is 18.2 Å². The molecule has 0 amide bonds. The first-order valence-electron chi connectivity index (χ1n) is 6.01. The van der Waals surface area contributed by atoms with Crippen molar-refractivity contribution in [2.75, 3.05) is 18.2 Å². The van der Waals surface area contributed by atoms with Gasteiger partial charge in [0.2, 0.25) is 0 Å². The Bertz CT molecular complexity index is 612. The maximum atomic E-state index is 12.5. The number of nitrogen functional groups attached to an aromatic ring is 1. The summed E-state index contributed by atoms with van der Waals surface area (Å²) in [7, 11) is 1.52. The number of para-hydroxylation sites is 1. The van der Waals surface area contributed by atoms with E-state index in [1.54, 1.807) is 24.3 Å². The number of rotatable bonds is 6. The van der Waals surface area contributed by atoms with Gasteiger partial charge in [-0.1, -0.05) is 23.9 Å². The van der Waals surface area contributed by atoms with Crippen molar-refractivity contribution in [3.8, 4) is 0 Å². The number of methoxy groups -OCH3 is 1. The molecular weight excluding hydrogens is 298 g/mol. The summed E-state index contributed by atoms with van der Waals surface area (Å²) >= 11 is 0.468. The summed E-state index contributed by atoms with van der Waals surface area (Å²) in [6.45, 7) is 0.215. The molecule has 5 nitrogen and oxygen atoms in total. The normalized spacial score (nSPS) is 10.9. The minimum absolute atomic E-state index is 0.215. The summed E-state index contributed by atoms with van der Waals surface area (Å²) in [6, 6.07) is 8.28. The molecule has 0 saturated carbocycles. The number of nitrogens with one attached hydrogen (secondary N) is 1. The van der Waals surface area contributed by atoms with Gasteiger partial charge in [0.05, 0.1) is 5.69 Å². The zero-order valence-electron chi connectivity index (χ0n) is 11.2. The van der Waals surface area contributed by atoms with E-state index in [0.717, 1.165) is 0 Å². The van der Waals surface area contributed by atoms with Gasteiger partial charge in [-0.2, -0.15) is 8.78 Å². The van der Waals surface area contributed by atoms with E-state index >= 15 is 0 Å². The van der Waals surface area contributed by atoms with Gasteiger partial charge in [0.25, 0.3) is 5.76 Å². The van der Waals surface area contributed by atoms with Crippen molar-refractivity contribution in [3.63, 3.8) is 0 Å². The monoisotopic (exact) mass is 312 g/mol. The smallest absolute Gasteiger partial charge is 0.288 e. The predicted molar refractivity (Wildman–Crippen MR) is 78.7 cm³/mol. The molecule has 0 radical (unpaired) electrons. The Morgan fingerprint density at radius 2 is 2.10 bits per heavy atom. The van der Waals surface area contributed by atoms with E-state index in [2.05, 4.69) is 15.3 Å². The largest absolute Gasteiger partial charge is 0.384 e. The molecule has 0 aliphatic carbocycles. The Morgan fingerprint density at radius 3 is 2.81 bits per heavy atom. The second-order valence-corrected chi connectivity index (χ2v) is 5.06. The van der Waals surface area contributed by atoms with Crippen LogP contribution < -0.4 is 11.1 Å². The van der Waals surface area contributed by atoms with Gasteiger partial charge < -0.3 is 15.8 Å². The molecule has 1 heterocycles. The van der Waals surface area contributed by atoms with E-state index in [4.69, 9.17) is 10.5 Å². The standard InChI is InChI=1S/C13H14F2N4OS/c1-20-7-12-18-10(16)6-11(19-12)17-8-4-2-3-5-9(8)21-13(14)15/h2-6,13H,7H2,1H3,(H3,16,17,18,19). The fourth-order valence-electron chi connectivity index (χ4n) is 1.68. The van der Waals surface area contributed by atoms with Crippen LogP contribution in [0.3, 0.4) is 0 Å². The molecule has 1 aromatic heterocycles. The number of halogens is 2. The molecule has 0 fully saturated rings. The molecule has 8 heteroatoms. The van der Waals surface area contributed by atoms with Crippen LogP contribution in [-0.2, 0) is 11.3 Å². The lowest BCUT2D eigenvalue weighted by atomic mass is 10.3. The number of alkyl halides is 2. The van der Waals surface area contributed by atoms with Crippen molar-refractivity contribution in [2.24, 2.45) is 0 Å². The molecule has 2 rings (SSSR count). The van der Waals surface area contributed by atoms with Crippen molar-refractivity contribution in [1.82, 2.24) is 9.97 Å². The quantitative estimate of drug-likeness (QED) is 0.798. The Kier molecular flexibility index (Phi) is 5.29. The first-order chi connectivity index (χ1) is 10.1. The number of thioether (sulfide) groups is 1. The highest BCUT2D eigenvalue weighted by atomic mass is 32.2. The molecule has 0 spiro atoms. The van der Waals surface area contributed by atoms with Crippen LogP contribution in [0.2, 0.25) is 0 Å². The van der Waals surface area contributed by atoms with Crippen molar-refractivity contribution >= 4 is 29.1 Å². The van der Waals surface area contributed by atoms with Gasteiger partial charge in [0.15, 0.2) is 5.82 Å². The van der Waals surface area contributed by atoms with E-state index < -0.39 is 5.76 Å². The Hall–Kier alpha value is -1.93. The summed E-state index contributed by atoms with van der Waals surface area (Å²) in [6.07, 6.45) is 0. The molecule has 0 aliphatic heterocycles. The van der Waals surface area contributed by atoms with Crippen LogP contribution in [0.15, 0.2) is 35.2 Å². The van der Waals surface area contributed by atoms with Crippen LogP contribution in [0.25, 0.3) is 0 Å². The third-order valence-corrected chi connectivity index (χ3v) is 3.22. The third kappa shape index (κ3) is 4.54. The van der Waals surface area contributed by atoms with Crippen molar-refractivity contribution < 1.29 is 13.5 Å². The van der Waals surface area contributed by atoms with Gasteiger partial charge >= 0.3 is 0 Å². The van der Waals surface area contributed by atoms with Gasteiger partial charge in [0, 0.05) is 18.1 Å². The summed E-state index contributed by atoms with van der Waals surface area (Å²) in [4.78, 5) is 8.66. The second-order valence-electron chi connectivity index (χ2n) is 4.03. The highest BCUT2D eigenvalue weighted by Crippen LogP contribution is 2.33. The Labute approximate surface area is 124 Å². The Balaban J connectivity index is 2.25. The average Bonchev–Trinajstić information content (AvgIpc) is 2.40. The lowest BCUT2D eigenvalue weighted by Crippen LogP contribution is -2.05. The third-order valence-electron chi connectivity index (χ3n) is 2.43. The molecule has 0 atom stereocenters. The topological polar surface area (TPSA) is 73.1 Å². The maximum absolute atomic E-state index is 12.5.